The molecule has 0 aliphatic heterocycles. The van der Waals surface area contributed by atoms with E-state index < -0.39 is 0 Å². The molecule has 0 radical (unpaired) electrons. The molecule has 0 atom stereocenters. The van der Waals surface area contributed by atoms with Crippen LogP contribution in [-0.4, -0.2) is 15.0 Å². The van der Waals surface area contributed by atoms with E-state index >= 15 is 0 Å². The van der Waals surface area contributed by atoms with Crippen molar-refractivity contribution in [1.82, 2.24) is 15.0 Å². The van der Waals surface area contributed by atoms with Crippen LogP contribution in [0.1, 0.15) is 0 Å². The molecule has 252 valence electrons. The molecule has 0 fully saturated rings. The van der Waals surface area contributed by atoms with Crippen molar-refractivity contribution in [2.24, 2.45) is 0 Å². The third-order valence-electron chi connectivity index (χ3n) is 10.4. The van der Waals surface area contributed by atoms with Gasteiger partial charge in [-0.1, -0.05) is 140 Å². The first-order valence-corrected chi connectivity index (χ1v) is 18.0. The molecule has 3 aromatic heterocycles. The molecule has 3 heterocycles. The second-order valence-electron chi connectivity index (χ2n) is 13.5. The summed E-state index contributed by atoms with van der Waals surface area (Å²) in [7, 11) is 0. The van der Waals surface area contributed by atoms with Crippen LogP contribution in [0.25, 0.3) is 111 Å². The molecule has 5 nitrogen and oxygen atoms in total. The van der Waals surface area contributed by atoms with Crippen molar-refractivity contribution in [2.45, 2.75) is 0 Å². The molecule has 11 rings (SSSR count). The van der Waals surface area contributed by atoms with Crippen LogP contribution < -0.4 is 0 Å². The Labute approximate surface area is 309 Å². The third kappa shape index (κ3) is 4.83. The molecule has 0 aliphatic carbocycles. The summed E-state index contributed by atoms with van der Waals surface area (Å²) in [5.41, 5.74) is 10.4. The van der Waals surface area contributed by atoms with E-state index in [-0.39, 0.29) is 0 Å². The fourth-order valence-electron chi connectivity index (χ4n) is 7.85. The van der Waals surface area contributed by atoms with Crippen LogP contribution in [0.2, 0.25) is 0 Å². The number of nitrogens with zero attached hydrogens (tertiary/aromatic N) is 3. The molecule has 0 saturated carbocycles. The Morgan fingerprint density at radius 1 is 0.278 bits per heavy atom. The molecule has 0 N–H and O–H groups in total. The zero-order chi connectivity index (χ0) is 35.6. The summed E-state index contributed by atoms with van der Waals surface area (Å²) < 4.78 is 12.7. The van der Waals surface area contributed by atoms with Gasteiger partial charge in [0.05, 0.1) is 0 Å². The molecule has 5 heteroatoms. The van der Waals surface area contributed by atoms with E-state index in [1.165, 1.54) is 0 Å². The van der Waals surface area contributed by atoms with Gasteiger partial charge in [0, 0.05) is 43.8 Å². The van der Waals surface area contributed by atoms with Crippen molar-refractivity contribution in [3.8, 4) is 56.4 Å². The molecule has 0 saturated heterocycles. The van der Waals surface area contributed by atoms with Crippen molar-refractivity contribution >= 4 is 54.6 Å². The SMILES string of the molecule is c1ccc(-c2ccccc2-c2nc(-c3ccc4oc5ccccc5c4c3)nc(-c3ccc(-c4cccc5c4oc4ccccc45)c4ccccc34)n2)cc1. The molecule has 54 heavy (non-hydrogen) atoms. The highest BCUT2D eigenvalue weighted by Gasteiger charge is 2.20. The maximum Gasteiger partial charge on any atom is 0.164 e. The van der Waals surface area contributed by atoms with E-state index in [0.29, 0.717) is 17.5 Å². The van der Waals surface area contributed by atoms with Crippen molar-refractivity contribution in [3.63, 3.8) is 0 Å². The van der Waals surface area contributed by atoms with E-state index in [1.54, 1.807) is 0 Å². The Morgan fingerprint density at radius 2 is 0.815 bits per heavy atom. The molecular weight excluding hydrogens is 663 g/mol. The quantitative estimate of drug-likeness (QED) is 0.180. The van der Waals surface area contributed by atoms with Gasteiger partial charge in [0.2, 0.25) is 0 Å². The highest BCUT2D eigenvalue weighted by atomic mass is 16.3. The van der Waals surface area contributed by atoms with Gasteiger partial charge >= 0.3 is 0 Å². The van der Waals surface area contributed by atoms with Gasteiger partial charge < -0.3 is 8.83 Å². The second kappa shape index (κ2) is 12.1. The Hall–Kier alpha value is -7.37. The predicted octanol–water partition coefficient (Wildman–Crippen LogP) is 13.2. The minimum atomic E-state index is 0.588. The number of para-hydroxylation sites is 3. The fraction of sp³-hybridized carbons (Fsp3) is 0. The van der Waals surface area contributed by atoms with Crippen molar-refractivity contribution < 1.29 is 8.83 Å². The molecular formula is C49H29N3O2. The Balaban J connectivity index is 1.15. The van der Waals surface area contributed by atoms with Gasteiger partial charge in [0.15, 0.2) is 17.5 Å². The van der Waals surface area contributed by atoms with E-state index in [0.717, 1.165) is 93.6 Å². The number of furan rings is 2. The molecule has 0 bridgehead atoms. The van der Waals surface area contributed by atoms with Gasteiger partial charge in [-0.05, 0) is 63.9 Å². The minimum absolute atomic E-state index is 0.588. The van der Waals surface area contributed by atoms with Crippen molar-refractivity contribution in [1.29, 1.82) is 0 Å². The second-order valence-corrected chi connectivity index (χ2v) is 13.5. The molecule has 0 unspecified atom stereocenters. The van der Waals surface area contributed by atoms with Crippen LogP contribution in [0.5, 0.6) is 0 Å². The van der Waals surface area contributed by atoms with E-state index in [2.05, 4.69) is 121 Å². The van der Waals surface area contributed by atoms with Gasteiger partial charge in [-0.25, -0.2) is 15.0 Å². The Morgan fingerprint density at radius 3 is 1.61 bits per heavy atom. The number of fused-ring (bicyclic) bond motifs is 7. The first kappa shape index (κ1) is 30.3. The highest BCUT2D eigenvalue weighted by Crippen LogP contribution is 2.41. The maximum absolute atomic E-state index is 6.49. The maximum atomic E-state index is 6.49. The molecule has 0 amide bonds. The number of aromatic nitrogens is 3. The van der Waals surface area contributed by atoms with Gasteiger partial charge in [-0.2, -0.15) is 0 Å². The summed E-state index contributed by atoms with van der Waals surface area (Å²) in [6.07, 6.45) is 0. The highest BCUT2D eigenvalue weighted by molar-refractivity contribution is 6.13. The first-order valence-electron chi connectivity index (χ1n) is 18.0. The van der Waals surface area contributed by atoms with Crippen LogP contribution in [0.4, 0.5) is 0 Å². The molecule has 0 spiro atoms. The van der Waals surface area contributed by atoms with Gasteiger partial charge in [0.1, 0.15) is 22.3 Å². The minimum Gasteiger partial charge on any atom is -0.456 e. The number of benzene rings is 8. The zero-order valence-electron chi connectivity index (χ0n) is 28.9. The summed E-state index contributed by atoms with van der Waals surface area (Å²) in [6.45, 7) is 0. The lowest BCUT2D eigenvalue weighted by atomic mass is 9.93. The molecule has 8 aromatic carbocycles. The largest absolute Gasteiger partial charge is 0.456 e. The van der Waals surface area contributed by atoms with Crippen LogP contribution >= 0.6 is 0 Å². The Kier molecular flexibility index (Phi) is 6.79. The summed E-state index contributed by atoms with van der Waals surface area (Å²) in [6, 6.07) is 60.4. The summed E-state index contributed by atoms with van der Waals surface area (Å²) in [5, 5.41) is 6.41. The van der Waals surface area contributed by atoms with Crippen LogP contribution in [-0.2, 0) is 0 Å². The monoisotopic (exact) mass is 691 g/mol. The normalized spacial score (nSPS) is 11.7. The zero-order valence-corrected chi connectivity index (χ0v) is 28.9. The summed E-state index contributed by atoms with van der Waals surface area (Å²) >= 11 is 0. The van der Waals surface area contributed by atoms with Crippen LogP contribution in [0.3, 0.4) is 0 Å². The van der Waals surface area contributed by atoms with Crippen LogP contribution in [0.15, 0.2) is 185 Å². The number of hydrogen-bond donors (Lipinski definition) is 0. The average Bonchev–Trinajstić information content (AvgIpc) is 3.82. The summed E-state index contributed by atoms with van der Waals surface area (Å²) in [5.74, 6) is 1.79. The lowest BCUT2D eigenvalue weighted by molar-refractivity contribution is 0.669. The Bertz CT molecular complexity index is 3230. The lowest BCUT2D eigenvalue weighted by Gasteiger charge is -2.14. The van der Waals surface area contributed by atoms with Gasteiger partial charge in [-0.15, -0.1) is 0 Å². The number of rotatable bonds is 5. The standard InChI is InChI=1S/C49H29N3O2/c1-2-13-30(14-3-1)32-15-4-7-20-40(32)48-50-47(31-25-28-45-42(29-31)37-19-9-10-23-43(37)53-45)51-49(52-48)41-27-26-35(33-16-5-6-17-34(33)41)38-21-12-22-39-36-18-8-11-24-44(36)54-46(38)39/h1-29H. The third-order valence-corrected chi connectivity index (χ3v) is 10.4. The number of hydrogen-bond acceptors (Lipinski definition) is 5. The van der Waals surface area contributed by atoms with Crippen molar-refractivity contribution in [3.05, 3.63) is 176 Å². The van der Waals surface area contributed by atoms with E-state index in [9.17, 15) is 0 Å². The predicted molar refractivity (Wildman–Crippen MR) is 219 cm³/mol. The van der Waals surface area contributed by atoms with Crippen molar-refractivity contribution in [2.75, 3.05) is 0 Å². The van der Waals surface area contributed by atoms with E-state index in [1.807, 2.05) is 54.6 Å². The van der Waals surface area contributed by atoms with Gasteiger partial charge in [-0.3, -0.25) is 0 Å². The van der Waals surface area contributed by atoms with E-state index in [4.69, 9.17) is 23.8 Å². The first-order chi connectivity index (χ1) is 26.8. The van der Waals surface area contributed by atoms with Gasteiger partial charge in [0.25, 0.3) is 0 Å². The fourth-order valence-corrected chi connectivity index (χ4v) is 7.85. The molecule has 0 aliphatic rings. The molecule has 11 aromatic rings. The summed E-state index contributed by atoms with van der Waals surface area (Å²) in [4.78, 5) is 15.7. The topological polar surface area (TPSA) is 65.0 Å². The smallest absolute Gasteiger partial charge is 0.164 e. The average molecular weight is 692 g/mol. The lowest BCUT2D eigenvalue weighted by Crippen LogP contribution is -2.01. The van der Waals surface area contributed by atoms with Crippen LogP contribution in [0, 0.1) is 0 Å².